The van der Waals surface area contributed by atoms with Crippen LogP contribution >= 0.6 is 0 Å². The van der Waals surface area contributed by atoms with Crippen molar-refractivity contribution < 1.29 is 30.0 Å². The fraction of sp³-hybridized carbons (Fsp3) is 0.143. The van der Waals surface area contributed by atoms with E-state index >= 15 is 0 Å². The lowest BCUT2D eigenvalue weighted by molar-refractivity contribution is -0.139. The molecule has 1 atom stereocenters. The number of hydrogen-bond donors (Lipinski definition) is 3. The third-order valence-electron chi connectivity index (χ3n) is 3.69. The molecule has 0 amide bonds. The van der Waals surface area contributed by atoms with Crippen molar-refractivity contribution in [1.82, 2.24) is 4.72 Å². The second kappa shape index (κ2) is 5.94. The molecule has 2 aromatic rings. The Bertz CT molecular complexity index is 1070. The quantitative estimate of drug-likeness (QED) is 0.701. The van der Waals surface area contributed by atoms with E-state index in [4.69, 9.17) is 5.14 Å². The minimum Gasteiger partial charge on any atom is -0.364 e. The second-order valence-corrected chi connectivity index (χ2v) is 8.71. The van der Waals surface area contributed by atoms with Crippen LogP contribution in [0.3, 0.4) is 0 Å². The summed E-state index contributed by atoms with van der Waals surface area (Å²) >= 11 is 0. The molecule has 3 rings (SSSR count). The summed E-state index contributed by atoms with van der Waals surface area (Å²) in [6.07, 6.45) is -6.06. The number of anilines is 1. The van der Waals surface area contributed by atoms with Crippen molar-refractivity contribution in [2.45, 2.75) is 22.1 Å². The summed E-state index contributed by atoms with van der Waals surface area (Å²) in [5.41, 5.74) is -1.46. The Morgan fingerprint density at radius 2 is 1.69 bits per heavy atom. The number of nitrogens with two attached hydrogens (primary N) is 1. The van der Waals surface area contributed by atoms with E-state index in [1.54, 1.807) is 30.3 Å². The van der Waals surface area contributed by atoms with Crippen LogP contribution in [0.2, 0.25) is 0 Å². The monoisotopic (exact) mass is 407 g/mol. The van der Waals surface area contributed by atoms with Crippen LogP contribution in [0.1, 0.15) is 17.3 Å². The lowest BCUT2D eigenvalue weighted by atomic mass is 10.1. The zero-order valence-electron chi connectivity index (χ0n) is 12.8. The molecule has 4 N–H and O–H groups in total. The first-order chi connectivity index (χ1) is 11.9. The molecule has 0 aliphatic carbocycles. The van der Waals surface area contributed by atoms with E-state index in [1.807, 2.05) is 0 Å². The Balaban J connectivity index is 2.23. The summed E-state index contributed by atoms with van der Waals surface area (Å²) in [4.78, 5) is -1.95. The van der Waals surface area contributed by atoms with Gasteiger partial charge in [0.25, 0.3) is 0 Å². The van der Waals surface area contributed by atoms with Crippen LogP contribution in [0, 0.1) is 0 Å². The molecule has 1 aliphatic rings. The van der Waals surface area contributed by atoms with Gasteiger partial charge in [-0.3, -0.25) is 0 Å². The molecule has 0 bridgehead atoms. The standard InChI is InChI=1S/C14H12F3N3O4S2/c15-14(16,17)9-6-10-12(7-11(9)25(18,21)22)26(23,24)20-13(19-10)8-4-2-1-3-5-8/h1-7,13,19-20H,(H2,18,21,22). The van der Waals surface area contributed by atoms with Crippen molar-refractivity contribution in [3.05, 3.63) is 53.6 Å². The Kier molecular flexibility index (Phi) is 4.26. The molecule has 7 nitrogen and oxygen atoms in total. The first kappa shape index (κ1) is 18.6. The van der Waals surface area contributed by atoms with Gasteiger partial charge in [0.2, 0.25) is 20.0 Å². The number of rotatable bonds is 2. The lowest BCUT2D eigenvalue weighted by Gasteiger charge is -2.29. The fourth-order valence-electron chi connectivity index (χ4n) is 2.55. The van der Waals surface area contributed by atoms with Crippen LogP contribution in [-0.4, -0.2) is 16.8 Å². The first-order valence-corrected chi connectivity index (χ1v) is 10.0. The van der Waals surface area contributed by atoms with Crippen LogP contribution in [-0.2, 0) is 26.2 Å². The van der Waals surface area contributed by atoms with Gasteiger partial charge in [0.05, 0.1) is 16.1 Å². The summed E-state index contributed by atoms with van der Waals surface area (Å²) in [6.45, 7) is 0. The van der Waals surface area contributed by atoms with Crippen LogP contribution in [0.15, 0.2) is 52.3 Å². The molecule has 0 fully saturated rings. The molecule has 140 valence electrons. The summed E-state index contributed by atoms with van der Waals surface area (Å²) in [6, 6.07) is 8.95. The number of alkyl halides is 3. The van der Waals surface area contributed by atoms with Gasteiger partial charge in [-0.2, -0.15) is 17.9 Å². The van der Waals surface area contributed by atoms with E-state index in [0.717, 1.165) is 0 Å². The van der Waals surface area contributed by atoms with Crippen LogP contribution in [0.5, 0.6) is 0 Å². The molecule has 26 heavy (non-hydrogen) atoms. The van der Waals surface area contributed by atoms with Gasteiger partial charge in [0, 0.05) is 0 Å². The predicted octanol–water partition coefficient (Wildman–Crippen LogP) is 1.76. The van der Waals surface area contributed by atoms with Crippen molar-refractivity contribution >= 4 is 25.7 Å². The molecular formula is C14H12F3N3O4S2. The van der Waals surface area contributed by atoms with E-state index in [0.29, 0.717) is 17.7 Å². The van der Waals surface area contributed by atoms with E-state index in [-0.39, 0.29) is 5.69 Å². The van der Waals surface area contributed by atoms with Gasteiger partial charge in [-0.15, -0.1) is 0 Å². The summed E-state index contributed by atoms with van der Waals surface area (Å²) < 4.78 is 89.9. The van der Waals surface area contributed by atoms with Crippen molar-refractivity contribution in [3.63, 3.8) is 0 Å². The first-order valence-electron chi connectivity index (χ1n) is 7.01. The fourth-order valence-corrected chi connectivity index (χ4v) is 4.70. The largest absolute Gasteiger partial charge is 0.417 e. The van der Waals surface area contributed by atoms with Gasteiger partial charge < -0.3 is 5.32 Å². The van der Waals surface area contributed by atoms with Crippen LogP contribution in [0.4, 0.5) is 18.9 Å². The molecule has 1 heterocycles. The van der Waals surface area contributed by atoms with E-state index in [9.17, 15) is 30.0 Å². The van der Waals surface area contributed by atoms with Crippen molar-refractivity contribution in [2.75, 3.05) is 5.32 Å². The normalized spacial score (nSPS) is 19.5. The van der Waals surface area contributed by atoms with Gasteiger partial charge in [-0.25, -0.2) is 22.0 Å². The number of nitrogens with one attached hydrogen (secondary N) is 2. The molecular weight excluding hydrogens is 395 g/mol. The van der Waals surface area contributed by atoms with Crippen LogP contribution in [0.25, 0.3) is 0 Å². The third kappa shape index (κ3) is 3.40. The molecule has 1 aliphatic heterocycles. The number of halogens is 3. The molecule has 0 radical (unpaired) electrons. The van der Waals surface area contributed by atoms with E-state index in [2.05, 4.69) is 10.0 Å². The number of benzene rings is 2. The second-order valence-electron chi connectivity index (χ2n) is 5.50. The Morgan fingerprint density at radius 3 is 2.23 bits per heavy atom. The molecule has 0 spiro atoms. The number of fused-ring (bicyclic) bond motifs is 1. The van der Waals surface area contributed by atoms with E-state index in [1.165, 1.54) is 0 Å². The summed E-state index contributed by atoms with van der Waals surface area (Å²) in [5.74, 6) is 0. The maximum absolute atomic E-state index is 13.2. The topological polar surface area (TPSA) is 118 Å². The van der Waals surface area contributed by atoms with Crippen molar-refractivity contribution in [2.24, 2.45) is 5.14 Å². The third-order valence-corrected chi connectivity index (χ3v) is 6.10. The van der Waals surface area contributed by atoms with Gasteiger partial charge >= 0.3 is 6.18 Å². The van der Waals surface area contributed by atoms with Gasteiger partial charge in [-0.05, 0) is 17.7 Å². The maximum atomic E-state index is 13.2. The minimum atomic E-state index is -5.05. The number of hydrogen-bond acceptors (Lipinski definition) is 5. The van der Waals surface area contributed by atoms with E-state index < -0.39 is 47.7 Å². The Labute approximate surface area is 147 Å². The Morgan fingerprint density at radius 1 is 1.08 bits per heavy atom. The highest BCUT2D eigenvalue weighted by atomic mass is 32.2. The van der Waals surface area contributed by atoms with Gasteiger partial charge in [-0.1, -0.05) is 30.3 Å². The average molecular weight is 407 g/mol. The molecule has 0 saturated carbocycles. The van der Waals surface area contributed by atoms with Gasteiger partial charge in [0.15, 0.2) is 0 Å². The average Bonchev–Trinajstić information content (AvgIpc) is 2.52. The summed E-state index contributed by atoms with van der Waals surface area (Å²) in [5, 5.41) is 7.47. The number of sulfonamides is 2. The highest BCUT2D eigenvalue weighted by Crippen LogP contribution is 2.40. The van der Waals surface area contributed by atoms with Gasteiger partial charge in [0.1, 0.15) is 11.1 Å². The van der Waals surface area contributed by atoms with Crippen molar-refractivity contribution in [3.8, 4) is 0 Å². The summed E-state index contributed by atoms with van der Waals surface area (Å²) in [7, 11) is -9.09. The Hall–Kier alpha value is -2.15. The molecule has 0 aromatic heterocycles. The highest BCUT2D eigenvalue weighted by molar-refractivity contribution is 7.90. The zero-order valence-corrected chi connectivity index (χ0v) is 14.4. The smallest absolute Gasteiger partial charge is 0.364 e. The maximum Gasteiger partial charge on any atom is 0.417 e. The minimum absolute atomic E-state index is 0.377. The number of primary sulfonamides is 1. The molecule has 12 heteroatoms. The highest BCUT2D eigenvalue weighted by Gasteiger charge is 2.40. The van der Waals surface area contributed by atoms with Crippen LogP contribution < -0.4 is 15.2 Å². The lowest BCUT2D eigenvalue weighted by Crippen LogP contribution is -2.38. The zero-order chi connectivity index (χ0) is 19.3. The molecule has 2 aromatic carbocycles. The SMILES string of the molecule is NS(=O)(=O)c1cc2c(cc1C(F)(F)F)NC(c1ccccc1)NS2(=O)=O. The molecule has 0 saturated heterocycles. The molecule has 1 unspecified atom stereocenters. The van der Waals surface area contributed by atoms with Crippen molar-refractivity contribution in [1.29, 1.82) is 0 Å². The predicted molar refractivity (Wildman–Crippen MR) is 85.9 cm³/mol.